The van der Waals surface area contributed by atoms with Gasteiger partial charge in [-0.3, -0.25) is 4.98 Å². The molecule has 2 N–H and O–H groups in total. The Morgan fingerprint density at radius 1 is 1.00 bits per heavy atom. The monoisotopic (exact) mass is 392 g/mol. The highest BCUT2D eigenvalue weighted by atomic mass is 16.5. The Kier molecular flexibility index (Phi) is 7.35. The number of anilines is 3. The van der Waals surface area contributed by atoms with E-state index in [4.69, 9.17) is 4.74 Å². The largest absolute Gasteiger partial charge is 0.494 e. The lowest BCUT2D eigenvalue weighted by molar-refractivity contribution is 0.340. The van der Waals surface area contributed by atoms with Crippen LogP contribution in [0.15, 0.2) is 54.9 Å². The molecule has 0 bridgehead atoms. The van der Waals surface area contributed by atoms with Crippen molar-refractivity contribution in [1.82, 2.24) is 19.9 Å². The highest BCUT2D eigenvalue weighted by Crippen LogP contribution is 2.24. The lowest BCUT2D eigenvalue weighted by atomic mass is 10.2. The van der Waals surface area contributed by atoms with E-state index in [1.54, 1.807) is 12.4 Å². The number of benzene rings is 1. The van der Waals surface area contributed by atoms with Gasteiger partial charge in [0, 0.05) is 36.3 Å². The molecule has 0 radical (unpaired) electrons. The summed E-state index contributed by atoms with van der Waals surface area (Å²) in [5.41, 5.74) is 2.77. The van der Waals surface area contributed by atoms with Gasteiger partial charge in [-0.15, -0.1) is 0 Å². The minimum absolute atomic E-state index is 0.603. The number of hydrogen-bond donors (Lipinski definition) is 2. The van der Waals surface area contributed by atoms with Crippen molar-refractivity contribution in [3.8, 4) is 17.0 Å². The van der Waals surface area contributed by atoms with E-state index in [1.165, 1.54) is 0 Å². The fourth-order valence-electron chi connectivity index (χ4n) is 2.81. The van der Waals surface area contributed by atoms with Crippen molar-refractivity contribution in [2.24, 2.45) is 0 Å². The molecule has 2 heterocycles. The van der Waals surface area contributed by atoms with Crippen LogP contribution in [-0.4, -0.2) is 53.6 Å². The van der Waals surface area contributed by atoms with Crippen LogP contribution in [0.3, 0.4) is 0 Å². The maximum atomic E-state index is 5.51. The van der Waals surface area contributed by atoms with Gasteiger partial charge >= 0.3 is 0 Å². The van der Waals surface area contributed by atoms with Gasteiger partial charge in [-0.25, -0.2) is 4.98 Å². The smallest absolute Gasteiger partial charge is 0.225 e. The first-order chi connectivity index (χ1) is 14.1. The molecule has 3 aromatic rings. The number of nitrogens with zero attached hydrogens (tertiary/aromatic N) is 4. The second-order valence-corrected chi connectivity index (χ2v) is 6.86. The van der Waals surface area contributed by atoms with Crippen molar-refractivity contribution >= 4 is 17.5 Å². The van der Waals surface area contributed by atoms with Gasteiger partial charge in [-0.05, 0) is 70.4 Å². The van der Waals surface area contributed by atoms with Crippen LogP contribution < -0.4 is 15.4 Å². The molecule has 0 spiro atoms. The highest BCUT2D eigenvalue weighted by Gasteiger charge is 2.08. The molecular weight excluding hydrogens is 364 g/mol. The molecule has 0 saturated carbocycles. The van der Waals surface area contributed by atoms with Crippen LogP contribution in [0.4, 0.5) is 17.5 Å². The summed E-state index contributed by atoms with van der Waals surface area (Å²) in [7, 11) is 4.14. The molecular formula is C22H28N6O. The van der Waals surface area contributed by atoms with E-state index in [9.17, 15) is 0 Å². The molecule has 2 aromatic heterocycles. The number of aromatic nitrogens is 3. The Balaban J connectivity index is 1.79. The van der Waals surface area contributed by atoms with E-state index in [2.05, 4.69) is 44.6 Å². The molecule has 0 aliphatic rings. The molecule has 0 fully saturated rings. The predicted octanol–water partition coefficient (Wildman–Crippen LogP) is 4.04. The fraction of sp³-hybridized carbons (Fsp3) is 0.318. The molecule has 0 aliphatic carbocycles. The SMILES string of the molecule is CCOc1ccc(Nc2cc(-c3ccncc3)nc(NCCCN(C)C)n2)cc1. The van der Waals surface area contributed by atoms with Gasteiger partial charge in [0.15, 0.2) is 0 Å². The second kappa shape index (κ2) is 10.4. The lowest BCUT2D eigenvalue weighted by Crippen LogP contribution is -2.17. The van der Waals surface area contributed by atoms with Crippen molar-refractivity contribution in [2.45, 2.75) is 13.3 Å². The standard InChI is InChI=1S/C22H28N6O/c1-4-29-19-8-6-18(7-9-19)25-21-16-20(17-10-13-23-14-11-17)26-22(27-21)24-12-5-15-28(2)3/h6-11,13-14,16H,4-5,12,15H2,1-3H3,(H2,24,25,26,27). The summed E-state index contributed by atoms with van der Waals surface area (Å²) in [6, 6.07) is 13.7. The third kappa shape index (κ3) is 6.43. The Morgan fingerprint density at radius 2 is 1.76 bits per heavy atom. The minimum atomic E-state index is 0.603. The van der Waals surface area contributed by atoms with Crippen molar-refractivity contribution in [3.63, 3.8) is 0 Å². The normalized spacial score (nSPS) is 10.8. The zero-order chi connectivity index (χ0) is 20.5. The van der Waals surface area contributed by atoms with E-state index in [0.717, 1.165) is 48.0 Å². The van der Waals surface area contributed by atoms with Gasteiger partial charge in [-0.2, -0.15) is 4.98 Å². The van der Waals surface area contributed by atoms with Crippen LogP contribution in [0.25, 0.3) is 11.3 Å². The molecule has 1 aromatic carbocycles. The lowest BCUT2D eigenvalue weighted by Gasteiger charge is -2.13. The van der Waals surface area contributed by atoms with Gasteiger partial charge in [-0.1, -0.05) is 0 Å². The summed E-state index contributed by atoms with van der Waals surface area (Å²) in [4.78, 5) is 15.6. The van der Waals surface area contributed by atoms with Gasteiger partial charge in [0.05, 0.1) is 12.3 Å². The number of nitrogens with one attached hydrogen (secondary N) is 2. The van der Waals surface area contributed by atoms with Crippen molar-refractivity contribution in [1.29, 1.82) is 0 Å². The van der Waals surface area contributed by atoms with Gasteiger partial charge < -0.3 is 20.3 Å². The van der Waals surface area contributed by atoms with Crippen LogP contribution in [0, 0.1) is 0 Å². The summed E-state index contributed by atoms with van der Waals surface area (Å²) in [6.45, 7) is 4.44. The Bertz CT molecular complexity index is 884. The van der Waals surface area contributed by atoms with Crippen LogP contribution in [0.2, 0.25) is 0 Å². The van der Waals surface area contributed by atoms with E-state index in [1.807, 2.05) is 49.4 Å². The first-order valence-electron chi connectivity index (χ1n) is 9.82. The van der Waals surface area contributed by atoms with Crippen molar-refractivity contribution in [3.05, 3.63) is 54.9 Å². The zero-order valence-corrected chi connectivity index (χ0v) is 17.2. The van der Waals surface area contributed by atoms with Crippen molar-refractivity contribution in [2.75, 3.05) is 44.4 Å². The number of ether oxygens (including phenoxy) is 1. The number of hydrogen-bond acceptors (Lipinski definition) is 7. The Morgan fingerprint density at radius 3 is 2.45 bits per heavy atom. The molecule has 7 heteroatoms. The third-order valence-corrected chi connectivity index (χ3v) is 4.21. The summed E-state index contributed by atoms with van der Waals surface area (Å²) in [5, 5.41) is 6.70. The molecule has 0 aliphatic heterocycles. The zero-order valence-electron chi connectivity index (χ0n) is 17.2. The molecule has 0 saturated heterocycles. The summed E-state index contributed by atoms with van der Waals surface area (Å²) >= 11 is 0. The highest BCUT2D eigenvalue weighted by molar-refractivity contribution is 5.67. The summed E-state index contributed by atoms with van der Waals surface area (Å²) in [6.07, 6.45) is 4.54. The third-order valence-electron chi connectivity index (χ3n) is 4.21. The molecule has 3 rings (SSSR count). The molecule has 152 valence electrons. The summed E-state index contributed by atoms with van der Waals surface area (Å²) < 4.78 is 5.51. The van der Waals surface area contributed by atoms with Gasteiger partial charge in [0.25, 0.3) is 0 Å². The van der Waals surface area contributed by atoms with E-state index >= 15 is 0 Å². The van der Waals surface area contributed by atoms with Gasteiger partial charge in [0.1, 0.15) is 11.6 Å². The van der Waals surface area contributed by atoms with Gasteiger partial charge in [0.2, 0.25) is 5.95 Å². The van der Waals surface area contributed by atoms with E-state index in [0.29, 0.717) is 12.6 Å². The molecule has 0 amide bonds. The van der Waals surface area contributed by atoms with Crippen LogP contribution in [-0.2, 0) is 0 Å². The number of rotatable bonds is 10. The van der Waals surface area contributed by atoms with E-state index in [-0.39, 0.29) is 0 Å². The maximum absolute atomic E-state index is 5.51. The first kappa shape index (κ1) is 20.5. The summed E-state index contributed by atoms with van der Waals surface area (Å²) in [5.74, 6) is 2.18. The fourth-order valence-corrected chi connectivity index (χ4v) is 2.81. The first-order valence-corrected chi connectivity index (χ1v) is 9.82. The maximum Gasteiger partial charge on any atom is 0.225 e. The second-order valence-electron chi connectivity index (χ2n) is 6.86. The molecule has 0 atom stereocenters. The topological polar surface area (TPSA) is 75.2 Å². The Hall–Kier alpha value is -3.19. The molecule has 0 unspecified atom stereocenters. The predicted molar refractivity (Wildman–Crippen MR) is 118 cm³/mol. The molecule has 7 nitrogen and oxygen atoms in total. The average Bonchev–Trinajstić information content (AvgIpc) is 2.73. The van der Waals surface area contributed by atoms with Crippen molar-refractivity contribution < 1.29 is 4.74 Å². The van der Waals surface area contributed by atoms with Crippen LogP contribution >= 0.6 is 0 Å². The quantitative estimate of drug-likeness (QED) is 0.504. The Labute approximate surface area is 172 Å². The van der Waals surface area contributed by atoms with E-state index < -0.39 is 0 Å². The number of pyridine rings is 1. The molecule has 29 heavy (non-hydrogen) atoms. The average molecular weight is 393 g/mol. The minimum Gasteiger partial charge on any atom is -0.494 e. The van der Waals surface area contributed by atoms with Crippen LogP contribution in [0.1, 0.15) is 13.3 Å². The van der Waals surface area contributed by atoms with Crippen LogP contribution in [0.5, 0.6) is 5.75 Å².